The standard InChI is InChI=1S/C32H44N2O7/c1-5-25(6-2)33-32(38)34-17-8-7-12-27(34)28(35)20-24(23-10-9-11-26(19-23)41-21-31(36)37)15-13-22-14-16-29(39-3)30(18-22)40-4/h9-11,14,16,18-19,24-25,27H,5-8,12-13,15,17,20-21H2,1-4H3,(H,33,38)(H,36,37)/t24-,27-/m0/s1. The van der Waals surface area contributed by atoms with E-state index in [9.17, 15) is 14.4 Å². The van der Waals surface area contributed by atoms with Gasteiger partial charge in [-0.05, 0) is 86.3 Å². The van der Waals surface area contributed by atoms with Crippen LogP contribution in [-0.4, -0.2) is 67.2 Å². The van der Waals surface area contributed by atoms with Crippen LogP contribution in [0, 0.1) is 0 Å². The number of nitrogens with zero attached hydrogens (tertiary/aromatic N) is 1. The molecule has 0 saturated carbocycles. The molecule has 2 amide bonds. The van der Waals surface area contributed by atoms with Gasteiger partial charge in [-0.25, -0.2) is 9.59 Å². The zero-order chi connectivity index (χ0) is 29.8. The molecular formula is C32H44N2O7. The van der Waals surface area contributed by atoms with E-state index >= 15 is 0 Å². The number of hydrogen-bond donors (Lipinski definition) is 2. The smallest absolute Gasteiger partial charge is 0.341 e. The summed E-state index contributed by atoms with van der Waals surface area (Å²) in [4.78, 5) is 39.8. The maximum absolute atomic E-state index is 13.8. The highest BCUT2D eigenvalue weighted by atomic mass is 16.5. The summed E-state index contributed by atoms with van der Waals surface area (Å²) in [6.45, 7) is 4.22. The lowest BCUT2D eigenvalue weighted by Crippen LogP contribution is -2.53. The number of urea groups is 1. The van der Waals surface area contributed by atoms with Gasteiger partial charge in [-0.2, -0.15) is 0 Å². The van der Waals surface area contributed by atoms with Crippen LogP contribution in [0.1, 0.15) is 75.8 Å². The van der Waals surface area contributed by atoms with Gasteiger partial charge in [0.15, 0.2) is 23.9 Å². The molecule has 0 spiro atoms. The minimum Gasteiger partial charge on any atom is -0.493 e. The second kappa shape index (κ2) is 15.9. The van der Waals surface area contributed by atoms with Crippen molar-refractivity contribution in [1.29, 1.82) is 0 Å². The number of aliphatic carboxylic acids is 1. The first-order valence-electron chi connectivity index (χ1n) is 14.5. The molecule has 0 aromatic heterocycles. The van der Waals surface area contributed by atoms with Gasteiger partial charge in [0.2, 0.25) is 0 Å². The van der Waals surface area contributed by atoms with E-state index in [4.69, 9.17) is 19.3 Å². The van der Waals surface area contributed by atoms with Gasteiger partial charge in [-0.15, -0.1) is 0 Å². The monoisotopic (exact) mass is 568 g/mol. The second-order valence-electron chi connectivity index (χ2n) is 10.5. The van der Waals surface area contributed by atoms with Crippen molar-refractivity contribution < 1.29 is 33.7 Å². The number of carboxylic acid groups (broad SMARTS) is 1. The number of carbonyl (C=O) groups is 3. The minimum atomic E-state index is -1.06. The van der Waals surface area contributed by atoms with Crippen molar-refractivity contribution >= 4 is 17.8 Å². The van der Waals surface area contributed by atoms with Crippen LogP contribution in [0.3, 0.4) is 0 Å². The van der Waals surface area contributed by atoms with Crippen LogP contribution in [0.15, 0.2) is 42.5 Å². The van der Waals surface area contributed by atoms with E-state index in [2.05, 4.69) is 5.32 Å². The van der Waals surface area contributed by atoms with Gasteiger partial charge in [-0.1, -0.05) is 32.0 Å². The summed E-state index contributed by atoms with van der Waals surface area (Å²) in [5, 5.41) is 12.1. The van der Waals surface area contributed by atoms with Gasteiger partial charge in [-0.3, -0.25) is 4.79 Å². The molecule has 1 fully saturated rings. The molecule has 9 nitrogen and oxygen atoms in total. The number of amides is 2. The van der Waals surface area contributed by atoms with E-state index in [0.29, 0.717) is 43.1 Å². The van der Waals surface area contributed by atoms with Gasteiger partial charge < -0.3 is 29.5 Å². The Bertz CT molecular complexity index is 1160. The summed E-state index contributed by atoms with van der Waals surface area (Å²) in [5.74, 6) is 0.559. The highest BCUT2D eigenvalue weighted by molar-refractivity contribution is 5.89. The number of aryl methyl sites for hydroxylation is 1. The third-order valence-electron chi connectivity index (χ3n) is 7.82. The number of carboxylic acids is 1. The molecule has 2 aromatic carbocycles. The largest absolute Gasteiger partial charge is 0.493 e. The van der Waals surface area contributed by atoms with Crippen molar-refractivity contribution in [2.24, 2.45) is 0 Å². The van der Waals surface area contributed by atoms with Crippen LogP contribution < -0.4 is 19.5 Å². The quantitative estimate of drug-likeness (QED) is 0.288. The van der Waals surface area contributed by atoms with Gasteiger partial charge in [0.1, 0.15) is 5.75 Å². The Labute approximate surface area is 243 Å². The molecule has 9 heteroatoms. The van der Waals surface area contributed by atoms with E-state index in [1.807, 2.05) is 50.2 Å². The van der Waals surface area contributed by atoms with Crippen molar-refractivity contribution in [2.75, 3.05) is 27.4 Å². The van der Waals surface area contributed by atoms with Gasteiger partial charge in [0, 0.05) is 19.0 Å². The molecule has 1 heterocycles. The normalized spacial score (nSPS) is 15.7. The van der Waals surface area contributed by atoms with Crippen LogP contribution in [-0.2, 0) is 16.0 Å². The Morgan fingerprint density at radius 3 is 2.46 bits per heavy atom. The topological polar surface area (TPSA) is 114 Å². The molecule has 41 heavy (non-hydrogen) atoms. The van der Waals surface area contributed by atoms with Crippen molar-refractivity contribution in [3.05, 3.63) is 53.6 Å². The maximum atomic E-state index is 13.8. The lowest BCUT2D eigenvalue weighted by Gasteiger charge is -2.36. The summed E-state index contributed by atoms with van der Waals surface area (Å²) in [5.41, 5.74) is 1.94. The second-order valence-corrected chi connectivity index (χ2v) is 10.5. The Balaban J connectivity index is 1.83. The zero-order valence-corrected chi connectivity index (χ0v) is 24.7. The summed E-state index contributed by atoms with van der Waals surface area (Å²) >= 11 is 0. The summed E-state index contributed by atoms with van der Waals surface area (Å²) in [7, 11) is 3.19. The molecule has 224 valence electrons. The van der Waals surface area contributed by atoms with Crippen LogP contribution in [0.2, 0.25) is 0 Å². The maximum Gasteiger partial charge on any atom is 0.341 e. The number of likely N-dealkylation sites (tertiary alicyclic amines) is 1. The van der Waals surface area contributed by atoms with E-state index in [-0.39, 0.29) is 30.2 Å². The number of carbonyl (C=O) groups excluding carboxylic acids is 2. The summed E-state index contributed by atoms with van der Waals surface area (Å²) in [6.07, 6.45) is 5.72. The first-order chi connectivity index (χ1) is 19.8. The van der Waals surface area contributed by atoms with Crippen LogP contribution in [0.5, 0.6) is 17.2 Å². The van der Waals surface area contributed by atoms with E-state index < -0.39 is 18.6 Å². The van der Waals surface area contributed by atoms with Crippen molar-refractivity contribution in [3.8, 4) is 17.2 Å². The van der Waals surface area contributed by atoms with Gasteiger partial charge in [0.25, 0.3) is 0 Å². The number of rotatable bonds is 15. The molecule has 0 unspecified atom stereocenters. The number of benzene rings is 2. The number of piperidine rings is 1. The van der Waals surface area contributed by atoms with Crippen LogP contribution in [0.4, 0.5) is 4.79 Å². The molecule has 2 atom stereocenters. The number of methoxy groups -OCH3 is 2. The molecular weight excluding hydrogens is 524 g/mol. The molecule has 1 aliphatic rings. The molecule has 0 bridgehead atoms. The van der Waals surface area contributed by atoms with E-state index in [1.165, 1.54) is 0 Å². The Hall–Kier alpha value is -3.75. The van der Waals surface area contributed by atoms with E-state index in [1.54, 1.807) is 25.2 Å². The average molecular weight is 569 g/mol. The fourth-order valence-electron chi connectivity index (χ4n) is 5.41. The average Bonchev–Trinajstić information content (AvgIpc) is 3.00. The lowest BCUT2D eigenvalue weighted by atomic mass is 9.85. The molecule has 1 aliphatic heterocycles. The molecule has 1 saturated heterocycles. The Morgan fingerprint density at radius 1 is 1.02 bits per heavy atom. The SMILES string of the molecule is CCC(CC)NC(=O)N1CCCC[C@H]1C(=O)C[C@H](CCc1ccc(OC)c(OC)c1)c1cccc(OCC(=O)O)c1. The molecule has 2 N–H and O–H groups in total. The third kappa shape index (κ3) is 9.13. The highest BCUT2D eigenvalue weighted by Crippen LogP contribution is 2.33. The van der Waals surface area contributed by atoms with E-state index in [0.717, 1.165) is 36.8 Å². The highest BCUT2D eigenvalue weighted by Gasteiger charge is 2.34. The van der Waals surface area contributed by atoms with Gasteiger partial charge >= 0.3 is 12.0 Å². The molecule has 3 rings (SSSR count). The fraction of sp³-hybridized carbons (Fsp3) is 0.531. The third-order valence-corrected chi connectivity index (χ3v) is 7.82. The summed E-state index contributed by atoms with van der Waals surface area (Å²) in [6, 6.07) is 12.5. The predicted octanol–water partition coefficient (Wildman–Crippen LogP) is 5.60. The van der Waals surface area contributed by atoms with Crippen LogP contribution in [0.25, 0.3) is 0 Å². The lowest BCUT2D eigenvalue weighted by molar-refractivity contribution is -0.139. The minimum absolute atomic E-state index is 0.0403. The van der Waals surface area contributed by atoms with Crippen LogP contribution >= 0.6 is 0 Å². The number of ketones is 1. The number of ether oxygens (including phenoxy) is 3. The van der Waals surface area contributed by atoms with Crippen molar-refractivity contribution in [1.82, 2.24) is 10.2 Å². The van der Waals surface area contributed by atoms with Crippen molar-refractivity contribution in [2.45, 2.75) is 83.2 Å². The molecule has 0 radical (unpaired) electrons. The molecule has 2 aromatic rings. The molecule has 0 aliphatic carbocycles. The number of nitrogens with one attached hydrogen (secondary N) is 1. The fourth-order valence-corrected chi connectivity index (χ4v) is 5.41. The predicted molar refractivity (Wildman–Crippen MR) is 157 cm³/mol. The first-order valence-corrected chi connectivity index (χ1v) is 14.5. The van der Waals surface area contributed by atoms with Gasteiger partial charge in [0.05, 0.1) is 20.3 Å². The van der Waals surface area contributed by atoms with Crippen molar-refractivity contribution in [3.63, 3.8) is 0 Å². The Kier molecular flexibility index (Phi) is 12.3. The number of hydrogen-bond acceptors (Lipinski definition) is 6. The Morgan fingerprint density at radius 2 is 1.78 bits per heavy atom. The number of Topliss-reactive ketones (excluding diaryl/α,β-unsaturated/α-hetero) is 1. The zero-order valence-electron chi connectivity index (χ0n) is 24.7. The first kappa shape index (κ1) is 31.8. The summed E-state index contributed by atoms with van der Waals surface area (Å²) < 4.78 is 16.3.